The molecule has 1 N–H and O–H groups in total. The van der Waals surface area contributed by atoms with Crippen LogP contribution in [-0.4, -0.2) is 18.7 Å². The molecule has 0 saturated carbocycles. The number of ketones is 1. The van der Waals surface area contributed by atoms with Crippen LogP contribution >= 0.6 is 0 Å². The standard InChI is InChI=1S/C12H12N2O/c1-9-2-4-10(5-3-9)12(15)11-6-13-8-14-7-11/h2-6,8H,7H2,1H3,(H,13,14). The first-order valence-electron chi connectivity index (χ1n) is 4.82. The second-order valence-electron chi connectivity index (χ2n) is 3.50. The van der Waals surface area contributed by atoms with Crippen molar-refractivity contribution in [2.24, 2.45) is 4.99 Å². The highest BCUT2D eigenvalue weighted by Crippen LogP contribution is 2.10. The minimum Gasteiger partial charge on any atom is -0.353 e. The van der Waals surface area contributed by atoms with Gasteiger partial charge in [-0.1, -0.05) is 29.8 Å². The molecule has 3 heteroatoms. The van der Waals surface area contributed by atoms with Crippen LogP contribution in [-0.2, 0) is 0 Å². The second kappa shape index (κ2) is 4.09. The molecular formula is C12H12N2O. The SMILES string of the molecule is Cc1ccc(C(=O)C2=CNC=NC2)cc1. The van der Waals surface area contributed by atoms with Crippen molar-refractivity contribution in [3.63, 3.8) is 0 Å². The predicted octanol–water partition coefficient (Wildman–Crippen LogP) is 1.69. The quantitative estimate of drug-likeness (QED) is 0.738. The van der Waals surface area contributed by atoms with Crippen LogP contribution in [0.4, 0.5) is 0 Å². The number of hydrogen-bond donors (Lipinski definition) is 1. The fraction of sp³-hybridized carbons (Fsp3) is 0.167. The van der Waals surface area contributed by atoms with Crippen LogP contribution in [0, 0.1) is 6.92 Å². The number of rotatable bonds is 2. The average molecular weight is 200 g/mol. The van der Waals surface area contributed by atoms with E-state index in [2.05, 4.69) is 10.3 Å². The molecule has 0 saturated heterocycles. The maximum atomic E-state index is 11.9. The van der Waals surface area contributed by atoms with Crippen molar-refractivity contribution in [2.75, 3.05) is 6.54 Å². The van der Waals surface area contributed by atoms with Crippen molar-refractivity contribution in [3.05, 3.63) is 47.2 Å². The number of benzene rings is 1. The van der Waals surface area contributed by atoms with Crippen LogP contribution in [0.15, 0.2) is 41.0 Å². The molecule has 1 aliphatic rings. The molecule has 0 aromatic heterocycles. The van der Waals surface area contributed by atoms with Crippen LogP contribution in [0.2, 0.25) is 0 Å². The van der Waals surface area contributed by atoms with Crippen molar-refractivity contribution in [2.45, 2.75) is 6.92 Å². The van der Waals surface area contributed by atoms with Crippen LogP contribution < -0.4 is 5.32 Å². The maximum Gasteiger partial charge on any atom is 0.192 e. The molecule has 0 bridgehead atoms. The summed E-state index contributed by atoms with van der Waals surface area (Å²) in [6.07, 6.45) is 3.29. The van der Waals surface area contributed by atoms with E-state index in [-0.39, 0.29) is 5.78 Å². The summed E-state index contributed by atoms with van der Waals surface area (Å²) in [4.78, 5) is 15.9. The minimum absolute atomic E-state index is 0.0411. The number of hydrogen-bond acceptors (Lipinski definition) is 3. The summed E-state index contributed by atoms with van der Waals surface area (Å²) in [6.45, 7) is 2.46. The number of Topliss-reactive ketones (excluding diaryl/α,β-unsaturated/α-hetero) is 1. The number of aryl methyl sites for hydroxylation is 1. The van der Waals surface area contributed by atoms with E-state index in [0.29, 0.717) is 17.7 Å². The Morgan fingerprint density at radius 3 is 2.67 bits per heavy atom. The van der Waals surface area contributed by atoms with Crippen LogP contribution in [0.3, 0.4) is 0 Å². The molecule has 1 heterocycles. The second-order valence-corrected chi connectivity index (χ2v) is 3.50. The summed E-state index contributed by atoms with van der Waals surface area (Å²) >= 11 is 0. The largest absolute Gasteiger partial charge is 0.353 e. The molecule has 1 aromatic rings. The number of carbonyl (C=O) groups is 1. The van der Waals surface area contributed by atoms with E-state index >= 15 is 0 Å². The van der Waals surface area contributed by atoms with Gasteiger partial charge in [0.2, 0.25) is 0 Å². The molecule has 76 valence electrons. The van der Waals surface area contributed by atoms with Gasteiger partial charge in [0, 0.05) is 17.3 Å². The lowest BCUT2D eigenvalue weighted by molar-refractivity contribution is 0.103. The first-order chi connectivity index (χ1) is 7.27. The van der Waals surface area contributed by atoms with Gasteiger partial charge in [-0.2, -0.15) is 0 Å². The Bertz CT molecular complexity index is 429. The number of carbonyl (C=O) groups excluding carboxylic acids is 1. The highest BCUT2D eigenvalue weighted by Gasteiger charge is 2.12. The third-order valence-electron chi connectivity index (χ3n) is 2.29. The lowest BCUT2D eigenvalue weighted by Crippen LogP contribution is -2.16. The summed E-state index contributed by atoms with van der Waals surface area (Å²) in [7, 11) is 0. The topological polar surface area (TPSA) is 41.5 Å². The van der Waals surface area contributed by atoms with Gasteiger partial charge in [0.15, 0.2) is 5.78 Å². The van der Waals surface area contributed by atoms with E-state index in [0.717, 1.165) is 5.56 Å². The van der Waals surface area contributed by atoms with Crippen LogP contribution in [0.5, 0.6) is 0 Å². The Balaban J connectivity index is 2.21. The first-order valence-corrected chi connectivity index (χ1v) is 4.82. The highest BCUT2D eigenvalue weighted by molar-refractivity contribution is 6.09. The molecule has 0 unspecified atom stereocenters. The zero-order valence-corrected chi connectivity index (χ0v) is 8.53. The molecule has 0 aliphatic carbocycles. The van der Waals surface area contributed by atoms with Crippen molar-refractivity contribution < 1.29 is 4.79 Å². The maximum absolute atomic E-state index is 11.9. The Morgan fingerprint density at radius 2 is 2.07 bits per heavy atom. The van der Waals surface area contributed by atoms with E-state index in [1.54, 1.807) is 12.5 Å². The lowest BCUT2D eigenvalue weighted by Gasteiger charge is -2.07. The summed E-state index contributed by atoms with van der Waals surface area (Å²) in [5.74, 6) is 0.0411. The molecule has 2 rings (SSSR count). The van der Waals surface area contributed by atoms with Crippen molar-refractivity contribution in [3.8, 4) is 0 Å². The molecule has 0 spiro atoms. The average Bonchev–Trinajstić information content (AvgIpc) is 2.30. The van der Waals surface area contributed by atoms with Crippen molar-refractivity contribution >= 4 is 12.1 Å². The van der Waals surface area contributed by atoms with Gasteiger partial charge in [-0.25, -0.2) is 0 Å². The molecule has 0 amide bonds. The molecule has 1 aromatic carbocycles. The first kappa shape index (κ1) is 9.65. The molecule has 0 fully saturated rings. The molecular weight excluding hydrogens is 188 g/mol. The van der Waals surface area contributed by atoms with Gasteiger partial charge in [-0.15, -0.1) is 0 Å². The smallest absolute Gasteiger partial charge is 0.192 e. The zero-order valence-electron chi connectivity index (χ0n) is 8.53. The summed E-state index contributed by atoms with van der Waals surface area (Å²) in [6, 6.07) is 7.56. The molecule has 1 aliphatic heterocycles. The van der Waals surface area contributed by atoms with Gasteiger partial charge >= 0.3 is 0 Å². The monoisotopic (exact) mass is 200 g/mol. The molecule has 0 atom stereocenters. The fourth-order valence-corrected chi connectivity index (χ4v) is 1.41. The van der Waals surface area contributed by atoms with Gasteiger partial charge < -0.3 is 5.32 Å². The third-order valence-corrected chi connectivity index (χ3v) is 2.29. The molecule has 3 nitrogen and oxygen atoms in total. The van der Waals surface area contributed by atoms with E-state index in [9.17, 15) is 4.79 Å². The summed E-state index contributed by atoms with van der Waals surface area (Å²) < 4.78 is 0. The predicted molar refractivity (Wildman–Crippen MR) is 60.1 cm³/mol. The molecule has 0 radical (unpaired) electrons. The summed E-state index contributed by atoms with van der Waals surface area (Å²) in [5, 5.41) is 2.82. The van der Waals surface area contributed by atoms with E-state index in [1.165, 1.54) is 0 Å². The van der Waals surface area contributed by atoms with Crippen LogP contribution in [0.25, 0.3) is 0 Å². The van der Waals surface area contributed by atoms with E-state index < -0.39 is 0 Å². The Morgan fingerprint density at radius 1 is 1.33 bits per heavy atom. The number of nitrogens with zero attached hydrogens (tertiary/aromatic N) is 1. The Labute approximate surface area is 88.5 Å². The van der Waals surface area contributed by atoms with Gasteiger partial charge in [0.25, 0.3) is 0 Å². The van der Waals surface area contributed by atoms with Gasteiger partial charge in [-0.3, -0.25) is 9.79 Å². The minimum atomic E-state index is 0.0411. The number of nitrogens with one attached hydrogen (secondary N) is 1. The normalized spacial score (nSPS) is 14.3. The van der Waals surface area contributed by atoms with Crippen molar-refractivity contribution in [1.29, 1.82) is 0 Å². The van der Waals surface area contributed by atoms with Gasteiger partial charge in [0.05, 0.1) is 12.9 Å². The number of aliphatic imine (C=N–C) groups is 1. The summed E-state index contributed by atoms with van der Waals surface area (Å²) in [5.41, 5.74) is 2.56. The third kappa shape index (κ3) is 2.13. The van der Waals surface area contributed by atoms with E-state index in [4.69, 9.17) is 0 Å². The molecule has 15 heavy (non-hydrogen) atoms. The lowest BCUT2D eigenvalue weighted by atomic mass is 10.0. The Hall–Kier alpha value is -1.90. The highest BCUT2D eigenvalue weighted by atomic mass is 16.1. The van der Waals surface area contributed by atoms with E-state index in [1.807, 2.05) is 31.2 Å². The van der Waals surface area contributed by atoms with Crippen molar-refractivity contribution in [1.82, 2.24) is 5.32 Å². The van der Waals surface area contributed by atoms with Gasteiger partial charge in [0.1, 0.15) is 0 Å². The zero-order chi connectivity index (χ0) is 10.7. The Kier molecular flexibility index (Phi) is 2.63. The van der Waals surface area contributed by atoms with Crippen LogP contribution in [0.1, 0.15) is 15.9 Å². The van der Waals surface area contributed by atoms with Gasteiger partial charge in [-0.05, 0) is 6.92 Å². The fourth-order valence-electron chi connectivity index (χ4n) is 1.41.